The summed E-state index contributed by atoms with van der Waals surface area (Å²) < 4.78 is 0. The fraction of sp³-hybridized carbons (Fsp3) is 1.00. The molecule has 2 fully saturated rings. The van der Waals surface area contributed by atoms with E-state index in [1.54, 1.807) is 0 Å². The third-order valence-corrected chi connectivity index (χ3v) is 5.48. The minimum Gasteiger partial charge on any atom is -0.329 e. The molecule has 0 aliphatic heterocycles. The van der Waals surface area contributed by atoms with Gasteiger partial charge in [-0.2, -0.15) is 0 Å². The first-order chi connectivity index (χ1) is 8.57. The van der Waals surface area contributed by atoms with E-state index < -0.39 is 0 Å². The first kappa shape index (κ1) is 14.3. The van der Waals surface area contributed by atoms with Crippen molar-refractivity contribution < 1.29 is 0 Å². The number of hydrogen-bond acceptors (Lipinski definition) is 2. The molecule has 2 N–H and O–H groups in total. The van der Waals surface area contributed by atoms with E-state index in [4.69, 9.17) is 5.73 Å². The van der Waals surface area contributed by atoms with Crippen LogP contribution in [0.5, 0.6) is 0 Å². The maximum Gasteiger partial charge on any atom is 0.0334 e. The smallest absolute Gasteiger partial charge is 0.0334 e. The van der Waals surface area contributed by atoms with E-state index in [9.17, 15) is 0 Å². The highest BCUT2D eigenvalue weighted by atomic mass is 15.2. The van der Waals surface area contributed by atoms with Crippen LogP contribution in [0.3, 0.4) is 0 Å². The second-order valence-corrected chi connectivity index (χ2v) is 7.22. The van der Waals surface area contributed by atoms with Crippen molar-refractivity contribution in [2.24, 2.45) is 17.6 Å². The molecule has 2 heteroatoms. The van der Waals surface area contributed by atoms with Crippen LogP contribution in [0.1, 0.15) is 65.2 Å². The van der Waals surface area contributed by atoms with Gasteiger partial charge in [-0.15, -0.1) is 0 Å². The molecular weight excluding hydrogens is 220 g/mol. The summed E-state index contributed by atoms with van der Waals surface area (Å²) in [6, 6.07) is 0.825. The predicted molar refractivity (Wildman–Crippen MR) is 78.6 cm³/mol. The summed E-state index contributed by atoms with van der Waals surface area (Å²) in [6.45, 7) is 5.57. The maximum absolute atomic E-state index is 6.21. The Labute approximate surface area is 113 Å². The van der Waals surface area contributed by atoms with Crippen molar-refractivity contribution in [3.63, 3.8) is 0 Å². The normalized spacial score (nSPS) is 34.0. The number of hydrogen-bond donors (Lipinski definition) is 1. The van der Waals surface area contributed by atoms with Crippen molar-refractivity contribution in [3.05, 3.63) is 0 Å². The second-order valence-electron chi connectivity index (χ2n) is 7.22. The third kappa shape index (κ3) is 2.91. The fourth-order valence-electron chi connectivity index (χ4n) is 4.14. The van der Waals surface area contributed by atoms with E-state index in [1.165, 1.54) is 51.4 Å². The van der Waals surface area contributed by atoms with Crippen molar-refractivity contribution >= 4 is 0 Å². The Morgan fingerprint density at radius 1 is 1.22 bits per heavy atom. The molecule has 0 aromatic rings. The van der Waals surface area contributed by atoms with Gasteiger partial charge in [-0.1, -0.05) is 33.1 Å². The van der Waals surface area contributed by atoms with Crippen molar-refractivity contribution in [2.45, 2.75) is 76.8 Å². The fourth-order valence-corrected chi connectivity index (χ4v) is 4.14. The van der Waals surface area contributed by atoms with Crippen LogP contribution in [0.4, 0.5) is 0 Å². The Kier molecular flexibility index (Phi) is 4.71. The quantitative estimate of drug-likeness (QED) is 0.812. The van der Waals surface area contributed by atoms with Gasteiger partial charge in [0.05, 0.1) is 0 Å². The van der Waals surface area contributed by atoms with Crippen molar-refractivity contribution in [1.29, 1.82) is 0 Å². The van der Waals surface area contributed by atoms with Gasteiger partial charge in [0, 0.05) is 18.1 Å². The lowest BCUT2D eigenvalue weighted by atomic mass is 9.71. The molecule has 0 saturated heterocycles. The van der Waals surface area contributed by atoms with Gasteiger partial charge in [0.2, 0.25) is 0 Å². The lowest BCUT2D eigenvalue weighted by molar-refractivity contribution is -0.00525. The minimum atomic E-state index is 0.322. The molecular formula is C16H32N2. The zero-order chi connectivity index (χ0) is 13.2. The number of rotatable bonds is 5. The SMILES string of the molecule is CC(C)CC1CCCC(CN)(N(C)C2CCC2)C1. The molecule has 0 spiro atoms. The topological polar surface area (TPSA) is 29.3 Å². The molecule has 2 unspecified atom stereocenters. The largest absolute Gasteiger partial charge is 0.329 e. The van der Waals surface area contributed by atoms with E-state index in [0.717, 1.165) is 24.4 Å². The van der Waals surface area contributed by atoms with Gasteiger partial charge < -0.3 is 5.73 Å². The van der Waals surface area contributed by atoms with Gasteiger partial charge in [0.25, 0.3) is 0 Å². The van der Waals surface area contributed by atoms with Gasteiger partial charge in [-0.05, 0) is 51.0 Å². The average Bonchev–Trinajstić information content (AvgIpc) is 2.26. The molecule has 0 bridgehead atoms. The van der Waals surface area contributed by atoms with E-state index in [-0.39, 0.29) is 0 Å². The second kappa shape index (κ2) is 5.92. The van der Waals surface area contributed by atoms with E-state index >= 15 is 0 Å². The summed E-state index contributed by atoms with van der Waals surface area (Å²) in [7, 11) is 2.34. The highest BCUT2D eigenvalue weighted by molar-refractivity contribution is 4.99. The zero-order valence-corrected chi connectivity index (χ0v) is 12.6. The molecule has 2 saturated carbocycles. The van der Waals surface area contributed by atoms with Crippen molar-refractivity contribution in [2.75, 3.05) is 13.6 Å². The summed E-state index contributed by atoms with van der Waals surface area (Å²) in [5, 5.41) is 0. The molecule has 0 aromatic carbocycles. The monoisotopic (exact) mass is 252 g/mol. The molecule has 2 aliphatic rings. The first-order valence-corrected chi connectivity index (χ1v) is 8.00. The van der Waals surface area contributed by atoms with Gasteiger partial charge in [0.1, 0.15) is 0 Å². The van der Waals surface area contributed by atoms with Gasteiger partial charge >= 0.3 is 0 Å². The van der Waals surface area contributed by atoms with Crippen LogP contribution in [0, 0.1) is 11.8 Å². The number of nitrogens with two attached hydrogens (primary N) is 1. The standard InChI is InChI=1S/C16H32N2/c1-13(2)10-14-6-5-9-16(11-14,12-17)18(3)15-7-4-8-15/h13-15H,4-12,17H2,1-3H3. The third-order valence-electron chi connectivity index (χ3n) is 5.48. The summed E-state index contributed by atoms with van der Waals surface area (Å²) >= 11 is 0. The Morgan fingerprint density at radius 3 is 2.44 bits per heavy atom. The summed E-state index contributed by atoms with van der Waals surface area (Å²) in [5.41, 5.74) is 6.53. The summed E-state index contributed by atoms with van der Waals surface area (Å²) in [5.74, 6) is 1.74. The van der Waals surface area contributed by atoms with Gasteiger partial charge in [0.15, 0.2) is 0 Å². The van der Waals surface area contributed by atoms with E-state index in [1.807, 2.05) is 0 Å². The molecule has 2 atom stereocenters. The molecule has 2 nitrogen and oxygen atoms in total. The summed E-state index contributed by atoms with van der Waals surface area (Å²) in [6.07, 6.45) is 11.1. The van der Waals surface area contributed by atoms with Crippen molar-refractivity contribution in [3.8, 4) is 0 Å². The van der Waals surface area contributed by atoms with Gasteiger partial charge in [-0.25, -0.2) is 0 Å². The van der Waals surface area contributed by atoms with E-state index in [0.29, 0.717) is 5.54 Å². The maximum atomic E-state index is 6.21. The highest BCUT2D eigenvalue weighted by Crippen LogP contribution is 2.41. The Hall–Kier alpha value is -0.0800. The summed E-state index contributed by atoms with van der Waals surface area (Å²) in [4.78, 5) is 2.67. The Morgan fingerprint density at radius 2 is 1.94 bits per heavy atom. The average molecular weight is 252 g/mol. The highest BCUT2D eigenvalue weighted by Gasteiger charge is 2.42. The van der Waals surface area contributed by atoms with Crippen LogP contribution < -0.4 is 5.73 Å². The number of likely N-dealkylation sites (N-methyl/N-ethyl adjacent to an activating group) is 1. The van der Waals surface area contributed by atoms with Crippen LogP contribution in [0.15, 0.2) is 0 Å². The van der Waals surface area contributed by atoms with Crippen LogP contribution >= 0.6 is 0 Å². The molecule has 0 radical (unpaired) electrons. The van der Waals surface area contributed by atoms with Crippen LogP contribution in [-0.4, -0.2) is 30.1 Å². The lowest BCUT2D eigenvalue weighted by Gasteiger charge is -2.52. The Bertz CT molecular complexity index is 260. The first-order valence-electron chi connectivity index (χ1n) is 8.00. The molecule has 18 heavy (non-hydrogen) atoms. The number of nitrogens with zero attached hydrogens (tertiary/aromatic N) is 1. The molecule has 0 aromatic heterocycles. The van der Waals surface area contributed by atoms with Crippen molar-refractivity contribution in [1.82, 2.24) is 4.90 Å². The minimum absolute atomic E-state index is 0.322. The van der Waals surface area contributed by atoms with Crippen LogP contribution in [0.25, 0.3) is 0 Å². The molecule has 106 valence electrons. The molecule has 0 amide bonds. The van der Waals surface area contributed by atoms with Crippen LogP contribution in [-0.2, 0) is 0 Å². The zero-order valence-electron chi connectivity index (χ0n) is 12.6. The lowest BCUT2D eigenvalue weighted by Crippen LogP contribution is -2.59. The molecule has 0 heterocycles. The predicted octanol–water partition coefficient (Wildman–Crippen LogP) is 3.40. The molecule has 2 aliphatic carbocycles. The van der Waals surface area contributed by atoms with E-state index in [2.05, 4.69) is 25.8 Å². The Balaban J connectivity index is 2.00. The van der Waals surface area contributed by atoms with Gasteiger partial charge in [-0.3, -0.25) is 4.90 Å². The molecule has 2 rings (SSSR count). The van der Waals surface area contributed by atoms with Crippen LogP contribution in [0.2, 0.25) is 0 Å².